The normalized spacial score (nSPS) is 12.7. The van der Waals surface area contributed by atoms with E-state index in [4.69, 9.17) is 0 Å². The fourth-order valence-corrected chi connectivity index (χ4v) is 13.4. The predicted octanol–water partition coefficient (Wildman–Crippen LogP) is 19.2. The molecule has 5 heteroatoms. The summed E-state index contributed by atoms with van der Waals surface area (Å²) in [6.07, 6.45) is 4.07. The van der Waals surface area contributed by atoms with Gasteiger partial charge in [0.15, 0.2) is 0 Å². The van der Waals surface area contributed by atoms with Gasteiger partial charge in [0.05, 0.1) is 22.8 Å². The first-order valence-corrected chi connectivity index (χ1v) is 26.1. The first kappa shape index (κ1) is 43.6. The minimum atomic E-state index is -0.270. The summed E-state index contributed by atoms with van der Waals surface area (Å²) in [6.45, 7) is 4.70. The molecule has 0 N–H and O–H groups in total. The standard InChI is InChI=1S/C67H52N4S/c1-4-35-67(36-5-2)59-40-50(70(49-31-34-65-58(39-49)55-25-12-14-28-64(55)72-65)51-29-32-54-52-23-11-13-27-61(52)69(3)62(54)41-51)30-33-57(59)66-56-26-10-9-24-53(56)63(42-60(66)67)71(47-21-15-17-44(37-47)43-68)48-22-16-20-46(38-48)45-18-7-6-8-19-45/h6-34,37-42H,4-5,35-36H2,1-3H3. The highest BCUT2D eigenvalue weighted by atomic mass is 32.1. The molecule has 0 aliphatic heterocycles. The Morgan fingerprint density at radius 2 is 1.07 bits per heavy atom. The lowest BCUT2D eigenvalue weighted by Gasteiger charge is -2.35. The lowest BCUT2D eigenvalue weighted by Crippen LogP contribution is -2.26. The summed E-state index contributed by atoms with van der Waals surface area (Å²) in [5.74, 6) is 0. The first-order valence-electron chi connectivity index (χ1n) is 25.3. The number of fused-ring (bicyclic) bond motifs is 11. The van der Waals surface area contributed by atoms with Gasteiger partial charge in [0.2, 0.25) is 0 Å². The lowest BCUT2D eigenvalue weighted by atomic mass is 9.71. The van der Waals surface area contributed by atoms with Gasteiger partial charge in [-0.25, -0.2) is 0 Å². The molecule has 72 heavy (non-hydrogen) atoms. The van der Waals surface area contributed by atoms with Crippen LogP contribution in [0, 0.1) is 11.3 Å². The second-order valence-corrected chi connectivity index (χ2v) is 20.6. The highest BCUT2D eigenvalue weighted by Crippen LogP contribution is 2.59. The molecule has 0 unspecified atom stereocenters. The molecule has 0 amide bonds. The van der Waals surface area contributed by atoms with E-state index < -0.39 is 0 Å². The first-order chi connectivity index (χ1) is 35.5. The Hall–Kier alpha value is -8.43. The molecule has 1 aliphatic rings. The van der Waals surface area contributed by atoms with Crippen LogP contribution in [-0.4, -0.2) is 4.57 Å². The molecule has 4 nitrogen and oxygen atoms in total. The topological polar surface area (TPSA) is 35.2 Å². The van der Waals surface area contributed by atoms with Crippen LogP contribution in [0.25, 0.3) is 75.0 Å². The Morgan fingerprint density at radius 1 is 0.458 bits per heavy atom. The number of benzene rings is 10. The van der Waals surface area contributed by atoms with E-state index in [1.165, 1.54) is 75.0 Å². The fraction of sp³-hybridized carbons (Fsp3) is 0.119. The Kier molecular flexibility index (Phi) is 10.6. The Morgan fingerprint density at radius 3 is 1.88 bits per heavy atom. The van der Waals surface area contributed by atoms with Gasteiger partial charge in [-0.05, 0) is 143 Å². The monoisotopic (exact) mass is 944 g/mol. The van der Waals surface area contributed by atoms with Crippen LogP contribution in [0.2, 0.25) is 0 Å². The maximum absolute atomic E-state index is 10.3. The molecular weight excluding hydrogens is 893 g/mol. The van der Waals surface area contributed by atoms with Gasteiger partial charge in [0, 0.05) is 82.7 Å². The van der Waals surface area contributed by atoms with Gasteiger partial charge in [0.25, 0.3) is 0 Å². The van der Waals surface area contributed by atoms with Crippen molar-refractivity contribution >= 4 is 98.2 Å². The number of hydrogen-bond acceptors (Lipinski definition) is 4. The van der Waals surface area contributed by atoms with E-state index >= 15 is 0 Å². The van der Waals surface area contributed by atoms with E-state index in [0.29, 0.717) is 5.56 Å². The minimum absolute atomic E-state index is 0.270. The number of anilines is 6. The van der Waals surface area contributed by atoms with E-state index in [2.05, 4.69) is 235 Å². The molecule has 0 fully saturated rings. The Bertz CT molecular complexity index is 4130. The van der Waals surface area contributed by atoms with Crippen LogP contribution in [0.1, 0.15) is 56.2 Å². The molecule has 0 bridgehead atoms. The van der Waals surface area contributed by atoms with Gasteiger partial charge in [-0.1, -0.05) is 148 Å². The third kappa shape index (κ3) is 6.85. The van der Waals surface area contributed by atoms with E-state index in [-0.39, 0.29) is 5.41 Å². The zero-order valence-corrected chi connectivity index (χ0v) is 41.5. The molecule has 2 aromatic heterocycles. The summed E-state index contributed by atoms with van der Waals surface area (Å²) in [6, 6.07) is 80.5. The molecule has 346 valence electrons. The van der Waals surface area contributed by atoms with E-state index in [1.54, 1.807) is 0 Å². The highest BCUT2D eigenvalue weighted by Gasteiger charge is 2.44. The van der Waals surface area contributed by atoms with E-state index in [1.807, 2.05) is 29.5 Å². The van der Waals surface area contributed by atoms with Gasteiger partial charge in [-0.2, -0.15) is 5.26 Å². The maximum Gasteiger partial charge on any atom is 0.0992 e. The molecule has 0 saturated heterocycles. The number of thiophene rings is 1. The SMILES string of the molecule is CCCC1(CCC)c2cc(N(c3ccc4sc5ccccc5c4c3)c3ccc4c5ccccc5n(C)c4c3)ccc2-c2c1cc(N(c1cccc(C#N)c1)c1cccc(-c3ccccc3)c1)c1ccccc21. The number of aromatic nitrogens is 1. The molecule has 2 heterocycles. The van der Waals surface area contributed by atoms with Crippen LogP contribution in [0.15, 0.2) is 212 Å². The third-order valence-electron chi connectivity index (χ3n) is 15.4. The van der Waals surface area contributed by atoms with Crippen molar-refractivity contribution in [2.24, 2.45) is 7.05 Å². The lowest BCUT2D eigenvalue weighted by molar-refractivity contribution is 0.436. The van der Waals surface area contributed by atoms with Crippen LogP contribution >= 0.6 is 11.3 Å². The van der Waals surface area contributed by atoms with Gasteiger partial charge in [-0.15, -0.1) is 11.3 Å². The smallest absolute Gasteiger partial charge is 0.0992 e. The van der Waals surface area contributed by atoms with Crippen molar-refractivity contribution in [2.45, 2.75) is 44.9 Å². The van der Waals surface area contributed by atoms with Crippen LogP contribution in [0.3, 0.4) is 0 Å². The van der Waals surface area contributed by atoms with E-state index in [0.717, 1.165) is 70.9 Å². The van der Waals surface area contributed by atoms with Crippen LogP contribution in [0.4, 0.5) is 34.1 Å². The van der Waals surface area contributed by atoms with Gasteiger partial charge >= 0.3 is 0 Å². The number of nitrogens with zero attached hydrogens (tertiary/aromatic N) is 4. The van der Waals surface area contributed by atoms with Crippen molar-refractivity contribution < 1.29 is 0 Å². The van der Waals surface area contributed by atoms with E-state index in [9.17, 15) is 5.26 Å². The summed E-state index contributed by atoms with van der Waals surface area (Å²) >= 11 is 1.86. The zero-order chi connectivity index (χ0) is 48.5. The summed E-state index contributed by atoms with van der Waals surface area (Å²) < 4.78 is 4.94. The summed E-state index contributed by atoms with van der Waals surface area (Å²) in [5, 5.41) is 17.8. The van der Waals surface area contributed by atoms with Gasteiger partial charge in [-0.3, -0.25) is 0 Å². The molecule has 0 spiro atoms. The minimum Gasteiger partial charge on any atom is -0.344 e. The van der Waals surface area contributed by atoms with Crippen molar-refractivity contribution in [2.75, 3.05) is 9.80 Å². The van der Waals surface area contributed by atoms with Crippen molar-refractivity contribution in [3.63, 3.8) is 0 Å². The van der Waals surface area contributed by atoms with Crippen molar-refractivity contribution in [1.82, 2.24) is 4.57 Å². The summed E-state index contributed by atoms with van der Waals surface area (Å²) in [4.78, 5) is 4.89. The maximum atomic E-state index is 10.3. The Labute approximate surface area is 424 Å². The largest absolute Gasteiger partial charge is 0.344 e. The zero-order valence-electron chi connectivity index (χ0n) is 40.7. The average molecular weight is 945 g/mol. The third-order valence-corrected chi connectivity index (χ3v) is 16.6. The molecule has 13 rings (SSSR count). The van der Waals surface area contributed by atoms with Crippen molar-refractivity contribution in [3.8, 4) is 28.3 Å². The van der Waals surface area contributed by atoms with Gasteiger partial charge < -0.3 is 14.4 Å². The molecule has 0 radical (unpaired) electrons. The highest BCUT2D eigenvalue weighted by molar-refractivity contribution is 7.25. The van der Waals surface area contributed by atoms with Crippen LogP contribution in [-0.2, 0) is 12.5 Å². The molecule has 1 aliphatic carbocycles. The number of hydrogen-bond donors (Lipinski definition) is 0. The molecular formula is C67H52N4S. The summed E-state index contributed by atoms with van der Waals surface area (Å²) in [7, 11) is 2.19. The average Bonchev–Trinajstić information content (AvgIpc) is 4.04. The number of aryl methyl sites for hydroxylation is 1. The number of para-hydroxylation sites is 1. The number of nitriles is 1. The molecule has 0 saturated carbocycles. The Balaban J connectivity index is 1.05. The molecule has 10 aromatic carbocycles. The second-order valence-electron chi connectivity index (χ2n) is 19.5. The second kappa shape index (κ2) is 17.5. The van der Waals surface area contributed by atoms with Crippen LogP contribution in [0.5, 0.6) is 0 Å². The van der Waals surface area contributed by atoms with Crippen molar-refractivity contribution in [3.05, 3.63) is 229 Å². The quantitative estimate of drug-likeness (QED) is 0.130. The number of rotatable bonds is 11. The van der Waals surface area contributed by atoms with Gasteiger partial charge in [0.1, 0.15) is 0 Å². The van der Waals surface area contributed by atoms with Crippen molar-refractivity contribution in [1.29, 1.82) is 5.26 Å². The molecule has 12 aromatic rings. The molecule has 0 atom stereocenters. The van der Waals surface area contributed by atoms with Crippen LogP contribution < -0.4 is 9.80 Å². The predicted molar refractivity (Wildman–Crippen MR) is 306 cm³/mol. The fourth-order valence-electron chi connectivity index (χ4n) is 12.3. The summed E-state index contributed by atoms with van der Waals surface area (Å²) in [5.41, 5.74) is 17.0.